The summed E-state index contributed by atoms with van der Waals surface area (Å²) < 4.78 is 27.0. The van der Waals surface area contributed by atoms with Crippen LogP contribution in [-0.2, 0) is 21.9 Å². The zero-order valence-electron chi connectivity index (χ0n) is 11.8. The number of aryl methyl sites for hydroxylation is 1. The quantitative estimate of drug-likeness (QED) is 0.859. The Balaban J connectivity index is 2.09. The molecule has 0 spiro atoms. The lowest BCUT2D eigenvalue weighted by Crippen LogP contribution is -2.36. The molecular weight excluding hydrogens is 294 g/mol. The molecule has 7 heteroatoms. The maximum absolute atomic E-state index is 12.2. The molecule has 0 aliphatic heterocycles. The summed E-state index contributed by atoms with van der Waals surface area (Å²) in [6.07, 6.45) is 2.04. The van der Waals surface area contributed by atoms with E-state index in [-0.39, 0.29) is 10.4 Å². The molecule has 0 unspecified atom stereocenters. The lowest BCUT2D eigenvalue weighted by Gasteiger charge is -2.23. The second-order valence-electron chi connectivity index (χ2n) is 5.23. The van der Waals surface area contributed by atoms with Crippen molar-refractivity contribution in [3.8, 4) is 0 Å². The van der Waals surface area contributed by atoms with Crippen LogP contribution in [0, 0.1) is 0 Å². The Morgan fingerprint density at radius 1 is 1.45 bits per heavy atom. The topological polar surface area (TPSA) is 74.8 Å². The van der Waals surface area contributed by atoms with Crippen molar-refractivity contribution in [3.05, 3.63) is 34.4 Å². The Hall–Kier alpha value is -1.18. The van der Waals surface area contributed by atoms with Gasteiger partial charge >= 0.3 is 0 Å². The number of imidazole rings is 1. The number of nitrogens with zero attached hydrogens (tertiary/aromatic N) is 1. The van der Waals surface area contributed by atoms with Crippen LogP contribution in [0.5, 0.6) is 0 Å². The van der Waals surface area contributed by atoms with Crippen molar-refractivity contribution in [3.63, 3.8) is 0 Å². The third-order valence-corrected chi connectivity index (χ3v) is 5.67. The van der Waals surface area contributed by atoms with Gasteiger partial charge in [0.05, 0.1) is 6.20 Å². The van der Waals surface area contributed by atoms with Crippen LogP contribution in [0.1, 0.15) is 31.5 Å². The third-order valence-electron chi connectivity index (χ3n) is 3.12. The first kappa shape index (κ1) is 15.2. The molecular formula is C13H19N3O2S2. The van der Waals surface area contributed by atoms with Crippen molar-refractivity contribution < 1.29 is 8.42 Å². The standard InChI is InChI=1S/C13H19N3O2S2/c1-4-11-14-8-12(16-11)20(17,18)15-9-13(2,3)10-6-5-7-19-10/h5-8,15H,4,9H2,1-3H3,(H,14,16). The van der Waals surface area contributed by atoms with Crippen LogP contribution < -0.4 is 4.72 Å². The zero-order valence-corrected chi connectivity index (χ0v) is 13.4. The average molecular weight is 313 g/mol. The van der Waals surface area contributed by atoms with Crippen LogP contribution in [0.3, 0.4) is 0 Å². The van der Waals surface area contributed by atoms with Gasteiger partial charge in [-0.25, -0.2) is 18.1 Å². The van der Waals surface area contributed by atoms with E-state index in [1.807, 2.05) is 38.3 Å². The zero-order chi connectivity index (χ0) is 14.8. The number of hydrogen-bond donors (Lipinski definition) is 2. The SMILES string of the molecule is CCc1ncc(S(=O)(=O)NCC(C)(C)c2cccs2)[nH]1. The highest BCUT2D eigenvalue weighted by Crippen LogP contribution is 2.27. The summed E-state index contributed by atoms with van der Waals surface area (Å²) in [5.41, 5.74) is -0.241. The molecule has 0 aliphatic carbocycles. The molecule has 0 aromatic carbocycles. The number of nitrogens with one attached hydrogen (secondary N) is 2. The first-order valence-electron chi connectivity index (χ1n) is 6.42. The average Bonchev–Trinajstić information content (AvgIpc) is 3.07. The van der Waals surface area contributed by atoms with E-state index in [1.54, 1.807) is 11.3 Å². The van der Waals surface area contributed by atoms with Gasteiger partial charge in [-0.1, -0.05) is 26.8 Å². The number of aromatic nitrogens is 2. The Kier molecular flexibility index (Phi) is 4.31. The maximum atomic E-state index is 12.2. The molecule has 0 amide bonds. The predicted octanol–water partition coefficient (Wildman–Crippen LogP) is 2.29. The summed E-state index contributed by atoms with van der Waals surface area (Å²) in [7, 11) is -3.54. The molecule has 2 aromatic heterocycles. The summed E-state index contributed by atoms with van der Waals surface area (Å²) >= 11 is 1.63. The van der Waals surface area contributed by atoms with E-state index in [1.165, 1.54) is 6.20 Å². The summed E-state index contributed by atoms with van der Waals surface area (Å²) in [4.78, 5) is 7.99. The molecule has 0 fully saturated rings. The van der Waals surface area contributed by atoms with Crippen molar-refractivity contribution >= 4 is 21.4 Å². The highest BCUT2D eigenvalue weighted by molar-refractivity contribution is 7.89. The monoisotopic (exact) mass is 313 g/mol. The van der Waals surface area contributed by atoms with Gasteiger partial charge in [0.25, 0.3) is 10.0 Å². The fraction of sp³-hybridized carbons (Fsp3) is 0.462. The highest BCUT2D eigenvalue weighted by Gasteiger charge is 2.25. The van der Waals surface area contributed by atoms with Crippen molar-refractivity contribution in [1.82, 2.24) is 14.7 Å². The van der Waals surface area contributed by atoms with Gasteiger partial charge < -0.3 is 4.98 Å². The molecule has 2 heterocycles. The van der Waals surface area contributed by atoms with Gasteiger partial charge in [-0.3, -0.25) is 0 Å². The first-order valence-corrected chi connectivity index (χ1v) is 8.79. The molecule has 2 rings (SSSR count). The van der Waals surface area contributed by atoms with Gasteiger partial charge in [0, 0.05) is 23.3 Å². The molecule has 110 valence electrons. The maximum Gasteiger partial charge on any atom is 0.257 e. The number of H-pyrrole nitrogens is 1. The minimum absolute atomic E-state index is 0.122. The number of sulfonamides is 1. The number of aromatic amines is 1. The van der Waals surface area contributed by atoms with E-state index >= 15 is 0 Å². The van der Waals surface area contributed by atoms with Crippen molar-refractivity contribution in [2.75, 3.05) is 6.54 Å². The van der Waals surface area contributed by atoms with E-state index < -0.39 is 10.0 Å². The Morgan fingerprint density at radius 3 is 2.75 bits per heavy atom. The van der Waals surface area contributed by atoms with Gasteiger partial charge in [-0.15, -0.1) is 11.3 Å². The van der Waals surface area contributed by atoms with Crippen LogP contribution in [-0.4, -0.2) is 24.9 Å². The van der Waals surface area contributed by atoms with Crippen molar-refractivity contribution in [1.29, 1.82) is 0 Å². The lowest BCUT2D eigenvalue weighted by atomic mass is 9.92. The number of hydrogen-bond acceptors (Lipinski definition) is 4. The van der Waals surface area contributed by atoms with Crippen molar-refractivity contribution in [2.24, 2.45) is 0 Å². The fourth-order valence-electron chi connectivity index (χ4n) is 1.76. The predicted molar refractivity (Wildman–Crippen MR) is 80.5 cm³/mol. The number of rotatable bonds is 6. The Bertz CT molecular complexity index is 658. The van der Waals surface area contributed by atoms with E-state index in [0.29, 0.717) is 18.8 Å². The molecule has 0 atom stereocenters. The normalized spacial score (nSPS) is 12.8. The van der Waals surface area contributed by atoms with Crippen LogP contribution in [0.4, 0.5) is 0 Å². The number of thiophene rings is 1. The van der Waals surface area contributed by atoms with Gasteiger partial charge in [0.2, 0.25) is 0 Å². The van der Waals surface area contributed by atoms with Gasteiger partial charge in [0.15, 0.2) is 5.03 Å². The van der Waals surface area contributed by atoms with Gasteiger partial charge in [-0.05, 0) is 11.4 Å². The smallest absolute Gasteiger partial charge is 0.257 e. The van der Waals surface area contributed by atoms with E-state index in [0.717, 1.165) is 4.88 Å². The van der Waals surface area contributed by atoms with Crippen LogP contribution in [0.15, 0.2) is 28.7 Å². The van der Waals surface area contributed by atoms with Crippen LogP contribution in [0.25, 0.3) is 0 Å². The summed E-state index contributed by atoms with van der Waals surface area (Å²) in [5.74, 6) is 0.669. The van der Waals surface area contributed by atoms with E-state index in [4.69, 9.17) is 0 Å². The molecule has 0 saturated carbocycles. The van der Waals surface area contributed by atoms with E-state index in [9.17, 15) is 8.42 Å². The van der Waals surface area contributed by atoms with Gasteiger partial charge in [-0.2, -0.15) is 0 Å². The summed E-state index contributed by atoms with van der Waals surface area (Å²) in [5, 5.41) is 2.12. The fourth-order valence-corrected chi connectivity index (χ4v) is 3.77. The molecule has 0 radical (unpaired) electrons. The van der Waals surface area contributed by atoms with Crippen LogP contribution in [0.2, 0.25) is 0 Å². The van der Waals surface area contributed by atoms with Crippen molar-refractivity contribution in [2.45, 2.75) is 37.6 Å². The molecule has 2 N–H and O–H groups in total. The Labute approximate surface area is 123 Å². The first-order chi connectivity index (χ1) is 9.35. The second-order valence-corrected chi connectivity index (χ2v) is 7.92. The minimum Gasteiger partial charge on any atom is -0.332 e. The molecule has 5 nitrogen and oxygen atoms in total. The van der Waals surface area contributed by atoms with Gasteiger partial charge in [0.1, 0.15) is 5.82 Å². The molecule has 0 bridgehead atoms. The molecule has 20 heavy (non-hydrogen) atoms. The highest BCUT2D eigenvalue weighted by atomic mass is 32.2. The lowest BCUT2D eigenvalue weighted by molar-refractivity contribution is 0.508. The molecule has 2 aromatic rings. The minimum atomic E-state index is -3.54. The second kappa shape index (κ2) is 5.67. The Morgan fingerprint density at radius 2 is 2.20 bits per heavy atom. The largest absolute Gasteiger partial charge is 0.332 e. The molecule has 0 saturated heterocycles. The van der Waals surface area contributed by atoms with Crippen LogP contribution >= 0.6 is 11.3 Å². The summed E-state index contributed by atoms with van der Waals surface area (Å²) in [6.45, 7) is 6.30. The summed E-state index contributed by atoms with van der Waals surface area (Å²) in [6, 6.07) is 3.99. The molecule has 0 aliphatic rings. The third kappa shape index (κ3) is 3.28. The van der Waals surface area contributed by atoms with E-state index in [2.05, 4.69) is 14.7 Å².